The predicted octanol–water partition coefficient (Wildman–Crippen LogP) is 1.51. The van der Waals surface area contributed by atoms with Crippen LogP contribution in [0.1, 0.15) is 12.5 Å². The Bertz CT molecular complexity index is 384. The van der Waals surface area contributed by atoms with E-state index in [-0.39, 0.29) is 0 Å². The Labute approximate surface area is 115 Å². The monoisotopic (exact) mass is 264 g/mol. The average Bonchev–Trinajstić information content (AvgIpc) is 2.48. The Kier molecular flexibility index (Phi) is 5.63. The van der Waals surface area contributed by atoms with Crippen molar-refractivity contribution in [2.75, 3.05) is 39.9 Å². The van der Waals surface area contributed by atoms with Crippen LogP contribution in [0.2, 0.25) is 0 Å². The van der Waals surface area contributed by atoms with Gasteiger partial charge in [0.15, 0.2) is 0 Å². The summed E-state index contributed by atoms with van der Waals surface area (Å²) < 4.78 is 11.0. The highest BCUT2D eigenvalue weighted by Gasteiger charge is 2.18. The van der Waals surface area contributed by atoms with Gasteiger partial charge in [0.25, 0.3) is 0 Å². The van der Waals surface area contributed by atoms with E-state index in [0.717, 1.165) is 45.1 Å². The van der Waals surface area contributed by atoms with Crippen LogP contribution in [0.4, 0.5) is 0 Å². The smallest absolute Gasteiger partial charge is 0.119 e. The molecule has 1 aromatic rings. The second-order valence-corrected chi connectivity index (χ2v) is 4.87. The fourth-order valence-corrected chi connectivity index (χ4v) is 2.35. The van der Waals surface area contributed by atoms with Crippen LogP contribution in [0.5, 0.6) is 5.75 Å². The maximum absolute atomic E-state index is 5.76. The maximum atomic E-state index is 5.76. The molecule has 2 rings (SSSR count). The van der Waals surface area contributed by atoms with Crippen molar-refractivity contribution < 1.29 is 9.47 Å². The molecule has 0 bridgehead atoms. The van der Waals surface area contributed by atoms with Gasteiger partial charge >= 0.3 is 0 Å². The first kappa shape index (κ1) is 14.3. The number of nitrogens with one attached hydrogen (secondary N) is 1. The Balaban J connectivity index is 1.73. The van der Waals surface area contributed by atoms with Crippen LogP contribution in [0.15, 0.2) is 24.3 Å². The molecule has 0 radical (unpaired) electrons. The first-order valence-electron chi connectivity index (χ1n) is 6.99. The van der Waals surface area contributed by atoms with Gasteiger partial charge in [0.05, 0.1) is 19.8 Å². The highest BCUT2D eigenvalue weighted by molar-refractivity contribution is 5.28. The minimum atomic E-state index is 0.305. The third-order valence-electron chi connectivity index (χ3n) is 3.51. The molecule has 106 valence electrons. The Morgan fingerprint density at radius 2 is 2.37 bits per heavy atom. The molecule has 1 aliphatic rings. The van der Waals surface area contributed by atoms with E-state index in [1.54, 1.807) is 7.11 Å². The zero-order chi connectivity index (χ0) is 13.5. The molecule has 1 N–H and O–H groups in total. The molecule has 0 amide bonds. The summed E-state index contributed by atoms with van der Waals surface area (Å²) in [7, 11) is 1.70. The summed E-state index contributed by atoms with van der Waals surface area (Å²) >= 11 is 0. The molecule has 1 aromatic carbocycles. The molecule has 1 atom stereocenters. The Morgan fingerprint density at radius 1 is 1.47 bits per heavy atom. The molecule has 19 heavy (non-hydrogen) atoms. The van der Waals surface area contributed by atoms with E-state index in [0.29, 0.717) is 6.10 Å². The van der Waals surface area contributed by atoms with Gasteiger partial charge in [0.1, 0.15) is 5.75 Å². The van der Waals surface area contributed by atoms with Gasteiger partial charge in [-0.2, -0.15) is 0 Å². The minimum Gasteiger partial charge on any atom is -0.497 e. The predicted molar refractivity (Wildman–Crippen MR) is 76.6 cm³/mol. The number of hydrogen-bond acceptors (Lipinski definition) is 4. The summed E-state index contributed by atoms with van der Waals surface area (Å²) in [5.41, 5.74) is 1.24. The molecule has 4 nitrogen and oxygen atoms in total. The minimum absolute atomic E-state index is 0.305. The van der Waals surface area contributed by atoms with E-state index in [9.17, 15) is 0 Å². The summed E-state index contributed by atoms with van der Waals surface area (Å²) in [4.78, 5) is 2.43. The zero-order valence-corrected chi connectivity index (χ0v) is 11.9. The van der Waals surface area contributed by atoms with Crippen LogP contribution < -0.4 is 10.1 Å². The summed E-state index contributed by atoms with van der Waals surface area (Å²) in [6.07, 6.45) is 0.305. The summed E-state index contributed by atoms with van der Waals surface area (Å²) in [5.74, 6) is 0.908. The van der Waals surface area contributed by atoms with Gasteiger partial charge in [-0.15, -0.1) is 0 Å². The molecule has 1 fully saturated rings. The van der Waals surface area contributed by atoms with Crippen molar-refractivity contribution in [2.45, 2.75) is 19.6 Å². The van der Waals surface area contributed by atoms with Crippen molar-refractivity contribution in [1.82, 2.24) is 10.2 Å². The van der Waals surface area contributed by atoms with Crippen LogP contribution >= 0.6 is 0 Å². The number of ether oxygens (including phenoxy) is 2. The topological polar surface area (TPSA) is 33.7 Å². The number of methoxy groups -OCH3 is 1. The number of morpholine rings is 1. The molecule has 1 aliphatic heterocycles. The molecule has 0 aromatic heterocycles. The number of rotatable bonds is 6. The lowest BCUT2D eigenvalue weighted by molar-refractivity contribution is -0.0253. The summed E-state index contributed by atoms with van der Waals surface area (Å²) in [6, 6.07) is 8.15. The quantitative estimate of drug-likeness (QED) is 0.844. The lowest BCUT2D eigenvalue weighted by Crippen LogP contribution is -2.46. The molecule has 0 spiro atoms. The van der Waals surface area contributed by atoms with Gasteiger partial charge in [-0.05, 0) is 24.2 Å². The summed E-state index contributed by atoms with van der Waals surface area (Å²) in [6.45, 7) is 7.99. The third kappa shape index (κ3) is 4.49. The van der Waals surface area contributed by atoms with Crippen LogP contribution in [0.3, 0.4) is 0 Å². The highest BCUT2D eigenvalue weighted by atomic mass is 16.5. The van der Waals surface area contributed by atoms with Gasteiger partial charge in [-0.25, -0.2) is 0 Å². The second-order valence-electron chi connectivity index (χ2n) is 4.87. The van der Waals surface area contributed by atoms with Crippen LogP contribution in [-0.2, 0) is 11.3 Å². The van der Waals surface area contributed by atoms with Gasteiger partial charge in [-0.1, -0.05) is 19.1 Å². The van der Waals surface area contributed by atoms with Crippen molar-refractivity contribution in [3.8, 4) is 5.75 Å². The average molecular weight is 264 g/mol. The third-order valence-corrected chi connectivity index (χ3v) is 3.51. The number of benzene rings is 1. The number of likely N-dealkylation sites (N-methyl/N-ethyl adjacent to an activating group) is 1. The van der Waals surface area contributed by atoms with Gasteiger partial charge < -0.3 is 14.8 Å². The fraction of sp³-hybridized carbons (Fsp3) is 0.600. The molecular weight excluding hydrogens is 240 g/mol. The van der Waals surface area contributed by atoms with Gasteiger partial charge in [0, 0.05) is 26.2 Å². The van der Waals surface area contributed by atoms with Crippen molar-refractivity contribution in [1.29, 1.82) is 0 Å². The molecule has 1 heterocycles. The van der Waals surface area contributed by atoms with E-state index in [2.05, 4.69) is 29.3 Å². The standard InChI is InChI=1S/C15H24N2O2/c1-3-17-7-8-19-15(12-17)11-16-10-13-5-4-6-14(9-13)18-2/h4-6,9,15-16H,3,7-8,10-12H2,1-2H3. The number of nitrogens with zero attached hydrogens (tertiary/aromatic N) is 1. The van der Waals surface area contributed by atoms with Crippen LogP contribution in [-0.4, -0.2) is 50.9 Å². The SMILES string of the molecule is CCN1CCOC(CNCc2cccc(OC)c2)C1. The first-order valence-corrected chi connectivity index (χ1v) is 6.99. The molecule has 0 saturated carbocycles. The van der Waals surface area contributed by atoms with Crippen LogP contribution in [0.25, 0.3) is 0 Å². The lowest BCUT2D eigenvalue weighted by atomic mass is 10.2. The van der Waals surface area contributed by atoms with E-state index < -0.39 is 0 Å². The Morgan fingerprint density at radius 3 is 3.16 bits per heavy atom. The van der Waals surface area contributed by atoms with Crippen molar-refractivity contribution in [3.05, 3.63) is 29.8 Å². The van der Waals surface area contributed by atoms with Crippen LogP contribution in [0, 0.1) is 0 Å². The van der Waals surface area contributed by atoms with E-state index in [1.807, 2.05) is 12.1 Å². The normalized spacial score (nSPS) is 20.4. The van der Waals surface area contributed by atoms with Gasteiger partial charge in [0.2, 0.25) is 0 Å². The number of hydrogen-bond donors (Lipinski definition) is 1. The zero-order valence-electron chi connectivity index (χ0n) is 11.9. The van der Waals surface area contributed by atoms with Crippen molar-refractivity contribution in [2.24, 2.45) is 0 Å². The first-order chi connectivity index (χ1) is 9.31. The van der Waals surface area contributed by atoms with E-state index in [1.165, 1.54) is 5.56 Å². The molecular formula is C15H24N2O2. The lowest BCUT2D eigenvalue weighted by Gasteiger charge is -2.32. The fourth-order valence-electron chi connectivity index (χ4n) is 2.35. The molecule has 0 aliphatic carbocycles. The molecule has 1 unspecified atom stereocenters. The van der Waals surface area contributed by atoms with Gasteiger partial charge in [-0.3, -0.25) is 4.90 Å². The van der Waals surface area contributed by atoms with E-state index >= 15 is 0 Å². The highest BCUT2D eigenvalue weighted by Crippen LogP contribution is 2.12. The van der Waals surface area contributed by atoms with E-state index in [4.69, 9.17) is 9.47 Å². The van der Waals surface area contributed by atoms with Crippen molar-refractivity contribution >= 4 is 0 Å². The maximum Gasteiger partial charge on any atom is 0.119 e. The molecule has 4 heteroatoms. The summed E-state index contributed by atoms with van der Waals surface area (Å²) in [5, 5.41) is 3.46. The Hall–Kier alpha value is -1.10. The molecule has 1 saturated heterocycles. The second kappa shape index (κ2) is 7.48. The van der Waals surface area contributed by atoms with Crippen molar-refractivity contribution in [3.63, 3.8) is 0 Å². The largest absolute Gasteiger partial charge is 0.497 e.